The number of likely N-dealkylation sites (N-methyl/N-ethyl adjacent to an activating group) is 1. The summed E-state index contributed by atoms with van der Waals surface area (Å²) in [6.45, 7) is -0.133. The van der Waals surface area contributed by atoms with Crippen molar-refractivity contribution in [3.05, 3.63) is 0 Å². The predicted octanol–water partition coefficient (Wildman–Crippen LogP) is -0.680. The molecule has 0 aromatic carbocycles. The number of carboxylic acid groups (broad SMARTS) is 1. The molecule has 3 amide bonds. The van der Waals surface area contributed by atoms with Crippen molar-refractivity contribution in [3.63, 3.8) is 0 Å². The van der Waals surface area contributed by atoms with Crippen molar-refractivity contribution >= 4 is 17.9 Å². The standard InChI is InChI=1S/C10H17N3O4/c1-12(5-8(11)14)10(17)13(6-9(15)16)4-7-2-3-7/h7H,2-6H2,1H3,(H2,11,14)(H,15,16). The molecule has 7 nitrogen and oxygen atoms in total. The Morgan fingerprint density at radius 3 is 2.29 bits per heavy atom. The van der Waals surface area contributed by atoms with Gasteiger partial charge in [0.2, 0.25) is 5.91 Å². The molecule has 17 heavy (non-hydrogen) atoms. The van der Waals surface area contributed by atoms with Gasteiger partial charge in [-0.2, -0.15) is 0 Å². The molecule has 1 aliphatic rings. The molecule has 0 aromatic rings. The number of carbonyl (C=O) groups excluding carboxylic acids is 2. The summed E-state index contributed by atoms with van der Waals surface area (Å²) in [7, 11) is 1.43. The van der Waals surface area contributed by atoms with E-state index in [0.29, 0.717) is 12.5 Å². The van der Waals surface area contributed by atoms with Crippen LogP contribution >= 0.6 is 0 Å². The Labute approximate surface area is 99.2 Å². The van der Waals surface area contributed by atoms with E-state index in [1.807, 2.05) is 0 Å². The number of primary amides is 1. The second kappa shape index (κ2) is 5.51. The van der Waals surface area contributed by atoms with Crippen molar-refractivity contribution in [2.24, 2.45) is 11.7 Å². The second-order valence-electron chi connectivity index (χ2n) is 4.32. The number of carboxylic acids is 1. The molecule has 0 aromatic heterocycles. The highest BCUT2D eigenvalue weighted by Crippen LogP contribution is 2.29. The van der Waals surface area contributed by atoms with Crippen molar-refractivity contribution < 1.29 is 19.5 Å². The van der Waals surface area contributed by atoms with Gasteiger partial charge in [-0.1, -0.05) is 0 Å². The van der Waals surface area contributed by atoms with Crippen LogP contribution in [0.2, 0.25) is 0 Å². The van der Waals surface area contributed by atoms with E-state index in [1.54, 1.807) is 0 Å². The normalized spacial score (nSPS) is 14.2. The maximum atomic E-state index is 11.9. The zero-order valence-electron chi connectivity index (χ0n) is 9.76. The van der Waals surface area contributed by atoms with Crippen LogP contribution in [0.25, 0.3) is 0 Å². The average molecular weight is 243 g/mol. The lowest BCUT2D eigenvalue weighted by Gasteiger charge is -2.26. The SMILES string of the molecule is CN(CC(N)=O)C(=O)N(CC(=O)O)CC1CC1. The molecule has 0 bridgehead atoms. The van der Waals surface area contributed by atoms with Crippen LogP contribution < -0.4 is 5.73 Å². The van der Waals surface area contributed by atoms with Gasteiger partial charge < -0.3 is 20.6 Å². The number of urea groups is 1. The second-order valence-corrected chi connectivity index (χ2v) is 4.32. The molecule has 0 aliphatic heterocycles. The van der Waals surface area contributed by atoms with E-state index in [0.717, 1.165) is 17.7 Å². The van der Waals surface area contributed by atoms with Crippen LogP contribution in [-0.4, -0.2) is 59.5 Å². The molecule has 0 atom stereocenters. The topological polar surface area (TPSA) is 104 Å². The van der Waals surface area contributed by atoms with Crippen molar-refractivity contribution in [2.75, 3.05) is 26.7 Å². The van der Waals surface area contributed by atoms with Crippen molar-refractivity contribution in [1.82, 2.24) is 9.80 Å². The van der Waals surface area contributed by atoms with E-state index in [9.17, 15) is 14.4 Å². The van der Waals surface area contributed by atoms with E-state index in [4.69, 9.17) is 10.8 Å². The third kappa shape index (κ3) is 4.71. The molecule has 96 valence electrons. The molecule has 0 heterocycles. The highest BCUT2D eigenvalue weighted by molar-refractivity contribution is 5.84. The van der Waals surface area contributed by atoms with Crippen LogP contribution in [-0.2, 0) is 9.59 Å². The first kappa shape index (κ1) is 13.3. The molecule has 1 aliphatic carbocycles. The van der Waals surface area contributed by atoms with Crippen molar-refractivity contribution in [3.8, 4) is 0 Å². The van der Waals surface area contributed by atoms with Gasteiger partial charge in [0, 0.05) is 13.6 Å². The Hall–Kier alpha value is -1.79. The molecule has 0 spiro atoms. The van der Waals surface area contributed by atoms with Crippen LogP contribution in [0.4, 0.5) is 4.79 Å². The Kier molecular flexibility index (Phi) is 4.30. The zero-order chi connectivity index (χ0) is 13.0. The molecular formula is C10H17N3O4. The highest BCUT2D eigenvalue weighted by atomic mass is 16.4. The first-order valence-corrected chi connectivity index (χ1v) is 5.40. The lowest BCUT2D eigenvalue weighted by molar-refractivity contribution is -0.137. The number of amides is 3. The van der Waals surface area contributed by atoms with Crippen LogP contribution in [0.15, 0.2) is 0 Å². The first-order chi connectivity index (χ1) is 7.90. The number of nitrogens with two attached hydrogens (primary N) is 1. The Bertz CT molecular complexity index is 328. The third-order valence-electron chi connectivity index (χ3n) is 2.49. The number of hydrogen-bond acceptors (Lipinski definition) is 3. The summed E-state index contributed by atoms with van der Waals surface area (Å²) in [5.74, 6) is -1.30. The summed E-state index contributed by atoms with van der Waals surface area (Å²) in [5, 5.41) is 8.73. The third-order valence-corrected chi connectivity index (χ3v) is 2.49. The van der Waals surface area contributed by atoms with Gasteiger partial charge in [-0.15, -0.1) is 0 Å². The van der Waals surface area contributed by atoms with Crippen LogP contribution in [0, 0.1) is 5.92 Å². The van der Waals surface area contributed by atoms with Gasteiger partial charge in [0.05, 0.1) is 0 Å². The molecule has 0 saturated heterocycles. The smallest absolute Gasteiger partial charge is 0.323 e. The van der Waals surface area contributed by atoms with Crippen molar-refractivity contribution in [1.29, 1.82) is 0 Å². The number of carbonyl (C=O) groups is 3. The first-order valence-electron chi connectivity index (χ1n) is 5.40. The molecule has 1 fully saturated rings. The molecule has 3 N–H and O–H groups in total. The molecule has 0 unspecified atom stereocenters. The average Bonchev–Trinajstić information content (AvgIpc) is 2.97. The quantitative estimate of drug-likeness (QED) is 0.645. The Morgan fingerprint density at radius 1 is 1.29 bits per heavy atom. The van der Waals surface area contributed by atoms with E-state index >= 15 is 0 Å². The number of rotatable bonds is 6. The molecular weight excluding hydrogens is 226 g/mol. The van der Waals surface area contributed by atoms with Gasteiger partial charge >= 0.3 is 12.0 Å². The summed E-state index contributed by atoms with van der Waals surface area (Å²) in [4.78, 5) is 35.6. The maximum Gasteiger partial charge on any atom is 0.323 e. The lowest BCUT2D eigenvalue weighted by atomic mass is 10.3. The Morgan fingerprint density at radius 2 is 1.88 bits per heavy atom. The fourth-order valence-electron chi connectivity index (χ4n) is 1.53. The largest absolute Gasteiger partial charge is 0.480 e. The minimum absolute atomic E-state index is 0.209. The minimum Gasteiger partial charge on any atom is -0.480 e. The lowest BCUT2D eigenvalue weighted by Crippen LogP contribution is -2.47. The number of aliphatic carboxylic acids is 1. The summed E-state index contributed by atoms with van der Waals surface area (Å²) < 4.78 is 0. The van der Waals surface area contributed by atoms with E-state index in [1.165, 1.54) is 11.9 Å². The fourth-order valence-corrected chi connectivity index (χ4v) is 1.53. The predicted molar refractivity (Wildman–Crippen MR) is 59.2 cm³/mol. The van der Waals surface area contributed by atoms with Gasteiger partial charge in [0.15, 0.2) is 0 Å². The fraction of sp³-hybridized carbons (Fsp3) is 0.700. The van der Waals surface area contributed by atoms with Crippen molar-refractivity contribution in [2.45, 2.75) is 12.8 Å². The van der Waals surface area contributed by atoms with Gasteiger partial charge in [0.25, 0.3) is 0 Å². The van der Waals surface area contributed by atoms with Gasteiger partial charge in [-0.25, -0.2) is 4.79 Å². The number of hydrogen-bond donors (Lipinski definition) is 2. The van der Waals surface area contributed by atoms with Crippen LogP contribution in [0.5, 0.6) is 0 Å². The molecule has 0 radical (unpaired) electrons. The molecule has 7 heteroatoms. The zero-order valence-corrected chi connectivity index (χ0v) is 9.76. The summed E-state index contributed by atoms with van der Waals surface area (Å²) in [5.41, 5.74) is 4.98. The van der Waals surface area contributed by atoms with Crippen LogP contribution in [0.1, 0.15) is 12.8 Å². The van der Waals surface area contributed by atoms with Gasteiger partial charge in [0.1, 0.15) is 13.1 Å². The summed E-state index contributed by atoms with van der Waals surface area (Å²) in [6.07, 6.45) is 2.03. The maximum absolute atomic E-state index is 11.9. The van der Waals surface area contributed by atoms with E-state index in [-0.39, 0.29) is 13.1 Å². The Balaban J connectivity index is 2.56. The van der Waals surface area contributed by atoms with Crippen LogP contribution in [0.3, 0.4) is 0 Å². The van der Waals surface area contributed by atoms with E-state index < -0.39 is 17.9 Å². The summed E-state index contributed by atoms with van der Waals surface area (Å²) in [6, 6.07) is -0.474. The number of nitrogens with zero attached hydrogens (tertiary/aromatic N) is 2. The minimum atomic E-state index is -1.06. The molecule has 1 saturated carbocycles. The van der Waals surface area contributed by atoms with Gasteiger partial charge in [-0.3, -0.25) is 9.59 Å². The highest BCUT2D eigenvalue weighted by Gasteiger charge is 2.29. The van der Waals surface area contributed by atoms with E-state index in [2.05, 4.69) is 0 Å². The van der Waals surface area contributed by atoms with Gasteiger partial charge in [-0.05, 0) is 18.8 Å². The monoisotopic (exact) mass is 243 g/mol. The summed E-state index contributed by atoms with van der Waals surface area (Å²) >= 11 is 0. The molecule has 1 rings (SSSR count).